The van der Waals surface area contributed by atoms with Gasteiger partial charge in [0.05, 0.1) is 27.8 Å². The number of aryl methyl sites for hydroxylation is 3. The molecule has 0 amide bonds. The largest absolute Gasteiger partial charge is 0.748 e. The number of guanidine groups is 1. The number of nitrogens with one attached hydrogen (secondary N) is 3. The Morgan fingerprint density at radius 2 is 1.68 bits per heavy atom. The van der Waals surface area contributed by atoms with Crippen LogP contribution in [0.25, 0.3) is 0 Å². The zero-order chi connectivity index (χ0) is 44.4. The monoisotopic (exact) mass is 860 g/mol. The molecule has 2 aliphatic heterocycles. The van der Waals surface area contributed by atoms with Gasteiger partial charge < -0.3 is 9.45 Å². The van der Waals surface area contributed by atoms with E-state index in [1.54, 1.807) is 0 Å². The number of rotatable bonds is 11. The molecule has 60 heavy (non-hydrogen) atoms. The fourth-order valence-corrected chi connectivity index (χ4v) is 8.44. The van der Waals surface area contributed by atoms with Crippen LogP contribution in [0.5, 0.6) is 0 Å². The molecule has 6 rings (SSSR count). The fourth-order valence-electron chi connectivity index (χ4n) is 7.40. The van der Waals surface area contributed by atoms with Crippen molar-refractivity contribution in [2.75, 3.05) is 35.3 Å². The van der Waals surface area contributed by atoms with Gasteiger partial charge in [-0.1, -0.05) is 71.0 Å². The van der Waals surface area contributed by atoms with Gasteiger partial charge in [-0.3, -0.25) is 5.73 Å². The zero-order valence-electron chi connectivity index (χ0n) is 36.6. The maximum Gasteiger partial charge on any atom is 0.351 e. The first kappa shape index (κ1) is 46.1. The molecule has 2 aliphatic rings. The third-order valence-corrected chi connectivity index (χ3v) is 12.1. The Morgan fingerprint density at radius 3 is 2.30 bits per heavy atom. The Hall–Kier alpha value is -4.97. The third kappa shape index (κ3) is 11.6. The van der Waals surface area contributed by atoms with Gasteiger partial charge in [0.1, 0.15) is 17.1 Å². The van der Waals surface area contributed by atoms with Gasteiger partial charge in [-0.2, -0.15) is 5.10 Å². The van der Waals surface area contributed by atoms with Crippen LogP contribution in [0.2, 0.25) is 0 Å². The van der Waals surface area contributed by atoms with Crippen molar-refractivity contribution in [1.82, 2.24) is 19.6 Å². The number of aliphatic imine (C=N–C) groups is 1. The van der Waals surface area contributed by atoms with Gasteiger partial charge in [-0.25, -0.2) is 41.8 Å². The number of anilines is 2. The van der Waals surface area contributed by atoms with E-state index in [0.717, 1.165) is 63.4 Å². The average Bonchev–Trinajstić information content (AvgIpc) is 3.70. The van der Waals surface area contributed by atoms with Crippen LogP contribution in [0.1, 0.15) is 107 Å². The molecule has 0 fully saturated rings. The molecule has 5 N–H and O–H groups in total. The van der Waals surface area contributed by atoms with Crippen LogP contribution in [0.15, 0.2) is 70.8 Å². The molecule has 324 valence electrons. The lowest BCUT2D eigenvalue weighted by Gasteiger charge is -2.48. The second-order valence-corrected chi connectivity index (χ2v) is 20.9. The standard InChI is InChI=1S/C28H43N7O5S2.C15H17N3/c1-17-13-22-20(18(2)15-28(7,8)34(22)11-10-12-42(38,39)40)14-21(17)30-23-24(27(4,5)6)32-35-26(23)31-25(33-35)19(3)16-29-41(9,36)37;1-11-7-3-5-9-13(11)17-15(16)18-14-10-6-4-8-12(14)2/h13-14,18-19,29H,10-12,15-16H2,1-9H3,(H,38,39,40);3-10H,1-2H3,(H3,16,17,18). The van der Waals surface area contributed by atoms with E-state index >= 15 is 0 Å². The summed E-state index contributed by atoms with van der Waals surface area (Å²) in [7, 11) is -7.63. The Kier molecular flexibility index (Phi) is 13.8. The summed E-state index contributed by atoms with van der Waals surface area (Å²) in [6.07, 6.45) is 2.23. The highest BCUT2D eigenvalue weighted by Gasteiger charge is 2.38. The lowest BCUT2D eigenvalue weighted by molar-refractivity contribution is -0.355. The predicted octanol–water partition coefficient (Wildman–Crippen LogP) is 5.09. The number of benzene rings is 3. The van der Waals surface area contributed by atoms with E-state index in [4.69, 9.17) is 20.8 Å². The summed E-state index contributed by atoms with van der Waals surface area (Å²) < 4.78 is 59.4. The maximum absolute atomic E-state index is 11.6. The topological polar surface area (TPSA) is 214 Å². The van der Waals surface area contributed by atoms with E-state index in [1.807, 2.05) is 76.2 Å². The summed E-state index contributed by atoms with van der Waals surface area (Å²) in [6, 6.07) is 20.3. The van der Waals surface area contributed by atoms with Crippen LogP contribution in [-0.4, -0.2) is 84.3 Å². The molecular formula is C43H60N10O5S2. The minimum absolute atomic E-state index is 0.167. The first-order chi connectivity index (χ1) is 27.8. The summed E-state index contributed by atoms with van der Waals surface area (Å²) in [5.74, 6) is 1.07. The Balaban J connectivity index is 0.000000315. The van der Waals surface area contributed by atoms with Gasteiger partial charge in [-0.05, 0) is 99.9 Å². The van der Waals surface area contributed by atoms with Gasteiger partial charge in [0.15, 0.2) is 5.82 Å². The predicted molar refractivity (Wildman–Crippen MR) is 240 cm³/mol. The molecule has 0 spiro atoms. The maximum atomic E-state index is 11.6. The van der Waals surface area contributed by atoms with Gasteiger partial charge >= 0.3 is 5.96 Å². The number of sulfonamides is 1. The lowest BCUT2D eigenvalue weighted by Crippen LogP contribution is -2.72. The van der Waals surface area contributed by atoms with Crippen molar-refractivity contribution in [2.45, 2.75) is 99.5 Å². The summed E-state index contributed by atoms with van der Waals surface area (Å²) >= 11 is 0. The van der Waals surface area contributed by atoms with E-state index in [2.05, 4.69) is 78.7 Å². The Bertz CT molecular complexity index is 2540. The van der Waals surface area contributed by atoms with Crippen molar-refractivity contribution in [3.8, 4) is 0 Å². The quantitative estimate of drug-likeness (QED) is 0.0891. The molecule has 3 aromatic carbocycles. The van der Waals surface area contributed by atoms with E-state index in [1.165, 1.54) is 4.79 Å². The molecule has 4 aromatic rings. The van der Waals surface area contributed by atoms with E-state index < -0.39 is 25.9 Å². The Morgan fingerprint density at radius 1 is 1.03 bits per heavy atom. The molecule has 0 bridgehead atoms. The van der Waals surface area contributed by atoms with Gasteiger partial charge in [0, 0.05) is 41.4 Å². The highest BCUT2D eigenvalue weighted by molar-refractivity contribution is 7.88. The highest BCUT2D eigenvalue weighted by atomic mass is 32.2. The van der Waals surface area contributed by atoms with Crippen molar-refractivity contribution in [3.05, 3.63) is 94.6 Å². The molecule has 0 aliphatic carbocycles. The molecule has 0 saturated carbocycles. The SMILES string of the molecule is Cc1cc2c(cc1N=C1C(C(C)(C)C)=Nn3nc(C(C)CNS(C)(=O)=O)nc31)C(C)CC(C)(C)N2CCCS(=O)(=O)[O-].Cc1ccccc1NC(N)=[NH+]c1ccccc1C. The van der Waals surface area contributed by atoms with E-state index in [0.29, 0.717) is 29.9 Å². The number of para-hydroxylation sites is 2. The smallest absolute Gasteiger partial charge is 0.351 e. The highest BCUT2D eigenvalue weighted by Crippen LogP contribution is 2.46. The van der Waals surface area contributed by atoms with Crippen molar-refractivity contribution in [1.29, 1.82) is 0 Å². The minimum Gasteiger partial charge on any atom is -0.748 e. The van der Waals surface area contributed by atoms with Gasteiger partial charge in [0.25, 0.3) is 0 Å². The van der Waals surface area contributed by atoms with Crippen molar-refractivity contribution < 1.29 is 26.4 Å². The summed E-state index contributed by atoms with van der Waals surface area (Å²) in [4.78, 5) is 16.7. The lowest BCUT2D eigenvalue weighted by atomic mass is 9.79. The number of hydrogen-bond donors (Lipinski definition) is 4. The third-order valence-electron chi connectivity index (χ3n) is 10.6. The van der Waals surface area contributed by atoms with Crippen LogP contribution in [0.4, 0.5) is 22.7 Å². The molecule has 3 heterocycles. The molecule has 17 heteroatoms. The van der Waals surface area contributed by atoms with Gasteiger partial charge in [0.2, 0.25) is 15.8 Å². The number of nitrogens with two attached hydrogens (primary N) is 1. The normalized spacial score (nSPS) is 17.7. The van der Waals surface area contributed by atoms with Crippen molar-refractivity contribution in [2.24, 2.45) is 21.2 Å². The fraction of sp³-hybridized carbons (Fsp3) is 0.465. The van der Waals surface area contributed by atoms with Gasteiger partial charge in [-0.15, -0.1) is 9.89 Å². The number of nitrogens with zero attached hydrogens (tertiary/aromatic N) is 6. The van der Waals surface area contributed by atoms with Crippen LogP contribution >= 0.6 is 0 Å². The van der Waals surface area contributed by atoms with Crippen LogP contribution in [0, 0.1) is 26.2 Å². The zero-order valence-corrected chi connectivity index (χ0v) is 38.2. The van der Waals surface area contributed by atoms with E-state index in [-0.39, 0.29) is 35.8 Å². The molecule has 2 unspecified atom stereocenters. The van der Waals surface area contributed by atoms with Crippen LogP contribution in [-0.2, 0) is 20.1 Å². The molecule has 0 radical (unpaired) electrons. The first-order valence-electron chi connectivity index (χ1n) is 20.1. The second kappa shape index (κ2) is 17.9. The van der Waals surface area contributed by atoms with E-state index in [9.17, 15) is 21.4 Å². The van der Waals surface area contributed by atoms with Crippen LogP contribution < -0.4 is 25.7 Å². The summed E-state index contributed by atoms with van der Waals surface area (Å²) in [6.45, 7) is 21.2. The van der Waals surface area contributed by atoms with Crippen LogP contribution in [0.3, 0.4) is 0 Å². The second-order valence-electron chi connectivity index (χ2n) is 17.5. The molecule has 2 atom stereocenters. The summed E-state index contributed by atoms with van der Waals surface area (Å²) in [5.41, 5.74) is 15.0. The van der Waals surface area contributed by atoms with Crippen molar-refractivity contribution >= 4 is 60.3 Å². The number of fused-ring (bicyclic) bond motifs is 2. The molecule has 1 aromatic heterocycles. The average molecular weight is 861 g/mol. The molecular weight excluding hydrogens is 801 g/mol. The number of hydrogen-bond acceptors (Lipinski definition) is 10. The Labute approximate surface area is 355 Å². The van der Waals surface area contributed by atoms with Crippen molar-refractivity contribution in [3.63, 3.8) is 0 Å². The number of aromatic nitrogens is 3. The first-order valence-corrected chi connectivity index (χ1v) is 23.5. The molecule has 0 saturated heterocycles. The molecule has 15 nitrogen and oxygen atoms in total. The minimum atomic E-state index is -4.28. The summed E-state index contributed by atoms with van der Waals surface area (Å²) in [5, 5.41) is 12.5.